The standard InChI is InChI=1S/C12H22O3/c1-5-12(10(13)14-6-2)9-7-8-11(3,4)15-12/h5-9H2,1-4H3/p+1/i6T. The van der Waals surface area contributed by atoms with Crippen molar-refractivity contribution in [2.45, 2.75) is 64.6 Å². The van der Waals surface area contributed by atoms with E-state index in [1.54, 1.807) is 0 Å². The summed E-state index contributed by atoms with van der Waals surface area (Å²) in [6.45, 7) is 6.62. The van der Waals surface area contributed by atoms with E-state index >= 15 is 0 Å². The first-order valence-electron chi connectivity index (χ1n) is 6.22. The summed E-state index contributed by atoms with van der Waals surface area (Å²) in [7, 11) is 0. The highest BCUT2D eigenvalue weighted by Crippen LogP contribution is 2.38. The van der Waals surface area contributed by atoms with Gasteiger partial charge in [-0.1, -0.05) is 6.92 Å². The van der Waals surface area contributed by atoms with Gasteiger partial charge in [-0.05, 0) is 46.5 Å². The molecule has 15 heavy (non-hydrogen) atoms. The van der Waals surface area contributed by atoms with E-state index in [4.69, 9.17) is 10.8 Å². The van der Waals surface area contributed by atoms with Gasteiger partial charge in [0.1, 0.15) is 0 Å². The van der Waals surface area contributed by atoms with Gasteiger partial charge in [0, 0.05) is 0 Å². The lowest BCUT2D eigenvalue weighted by atomic mass is 9.85. The fraction of sp³-hybridized carbons (Fsp3) is 0.917. The monoisotopic (exact) mass is 217 g/mol. The summed E-state index contributed by atoms with van der Waals surface area (Å²) in [6.07, 6.45) is 3.21. The maximum Gasteiger partial charge on any atom is 1.00 e. The maximum atomic E-state index is 12.0. The van der Waals surface area contributed by atoms with Crippen LogP contribution in [0.25, 0.3) is 0 Å². The number of carbonyl (C=O) groups excluding carboxylic acids is 1. The molecule has 88 valence electrons. The second-order valence-corrected chi connectivity index (χ2v) is 4.70. The fourth-order valence-corrected chi connectivity index (χ4v) is 2.18. The Morgan fingerprint density at radius 1 is 1.53 bits per heavy atom. The van der Waals surface area contributed by atoms with E-state index in [0.717, 1.165) is 12.8 Å². The number of rotatable bonds is 3. The van der Waals surface area contributed by atoms with E-state index in [1.807, 2.05) is 20.8 Å². The molecule has 0 aromatic heterocycles. The molecule has 1 saturated heterocycles. The number of hydrogen-bond donors (Lipinski definition) is 0. The van der Waals surface area contributed by atoms with Crippen LogP contribution in [0.1, 0.15) is 56.2 Å². The van der Waals surface area contributed by atoms with Crippen molar-refractivity contribution in [3.05, 3.63) is 0 Å². The van der Waals surface area contributed by atoms with Crippen LogP contribution in [0.4, 0.5) is 0 Å². The first kappa shape index (κ1) is 10.9. The molecular weight excluding hydrogens is 192 g/mol. The minimum absolute atomic E-state index is 0. The molecule has 0 bridgehead atoms. The average Bonchev–Trinajstić information content (AvgIpc) is 2.14. The Hall–Kier alpha value is -0.570. The zero-order valence-electron chi connectivity index (χ0n) is 12.1. The van der Waals surface area contributed by atoms with Gasteiger partial charge in [-0.15, -0.1) is 0 Å². The molecule has 0 amide bonds. The van der Waals surface area contributed by atoms with Crippen molar-refractivity contribution in [3.63, 3.8) is 0 Å². The SMILES string of the molecule is [3H]C(C)OC(=O)C1(CC)CCCC(C)(C)O1.[H+]. The molecule has 0 aromatic carbocycles. The number of carbonyl (C=O) groups is 1. The Bertz CT molecular complexity index is 266. The van der Waals surface area contributed by atoms with Crippen molar-refractivity contribution >= 4 is 5.97 Å². The predicted octanol–water partition coefficient (Wildman–Crippen LogP) is 2.79. The van der Waals surface area contributed by atoms with Crippen LogP contribution in [0.3, 0.4) is 0 Å². The van der Waals surface area contributed by atoms with Crippen molar-refractivity contribution in [1.82, 2.24) is 0 Å². The van der Waals surface area contributed by atoms with Crippen LogP contribution in [0.5, 0.6) is 0 Å². The lowest BCUT2D eigenvalue weighted by Crippen LogP contribution is -2.51. The lowest BCUT2D eigenvalue weighted by molar-refractivity contribution is -0.208. The molecular formula is C12H23O3+. The van der Waals surface area contributed by atoms with Gasteiger partial charge < -0.3 is 9.47 Å². The molecule has 0 spiro atoms. The van der Waals surface area contributed by atoms with Gasteiger partial charge in [0.2, 0.25) is 0 Å². The van der Waals surface area contributed by atoms with E-state index in [1.165, 1.54) is 6.92 Å². The summed E-state index contributed by atoms with van der Waals surface area (Å²) in [5.74, 6) is -0.384. The first-order chi connectivity index (χ1) is 7.31. The maximum absolute atomic E-state index is 12.0. The Morgan fingerprint density at radius 3 is 2.67 bits per heavy atom. The third-order valence-electron chi connectivity index (χ3n) is 3.00. The quantitative estimate of drug-likeness (QED) is 0.682. The Labute approximate surface area is 95.0 Å². The highest BCUT2D eigenvalue weighted by molar-refractivity contribution is 5.79. The van der Waals surface area contributed by atoms with Crippen molar-refractivity contribution in [2.75, 3.05) is 6.58 Å². The lowest BCUT2D eigenvalue weighted by Gasteiger charge is -2.43. The summed E-state index contributed by atoms with van der Waals surface area (Å²) in [4.78, 5) is 12.0. The zero-order chi connectivity index (χ0) is 12.4. The molecule has 0 saturated carbocycles. The van der Waals surface area contributed by atoms with Gasteiger partial charge in [0.15, 0.2) is 5.60 Å². The average molecular weight is 217 g/mol. The van der Waals surface area contributed by atoms with Gasteiger partial charge >= 0.3 is 7.40 Å². The summed E-state index contributed by atoms with van der Waals surface area (Å²) in [6, 6.07) is 0. The van der Waals surface area contributed by atoms with Gasteiger partial charge in [-0.3, -0.25) is 0 Å². The van der Waals surface area contributed by atoms with Crippen molar-refractivity contribution < 1.29 is 17.1 Å². The molecule has 2 atom stereocenters. The van der Waals surface area contributed by atoms with E-state index in [0.29, 0.717) is 12.8 Å². The van der Waals surface area contributed by atoms with Gasteiger partial charge in [0.05, 0.1) is 13.6 Å². The molecule has 2 unspecified atom stereocenters. The van der Waals surface area contributed by atoms with E-state index in [9.17, 15) is 4.79 Å². The van der Waals surface area contributed by atoms with E-state index < -0.39 is 12.2 Å². The Morgan fingerprint density at radius 2 is 2.20 bits per heavy atom. The fourth-order valence-electron chi connectivity index (χ4n) is 2.18. The Kier molecular flexibility index (Phi) is 3.29. The largest absolute Gasteiger partial charge is 1.00 e. The predicted molar refractivity (Wildman–Crippen MR) is 59.8 cm³/mol. The minimum Gasteiger partial charge on any atom is -0.464 e. The minimum atomic E-state index is -0.836. The summed E-state index contributed by atoms with van der Waals surface area (Å²) in [5, 5.41) is 0. The molecule has 1 rings (SSSR count). The van der Waals surface area contributed by atoms with E-state index in [-0.39, 0.29) is 13.0 Å². The zero-order valence-corrected chi connectivity index (χ0v) is 10.1. The van der Waals surface area contributed by atoms with Gasteiger partial charge in [0.25, 0.3) is 0 Å². The second-order valence-electron chi connectivity index (χ2n) is 4.70. The highest BCUT2D eigenvalue weighted by Gasteiger charge is 2.46. The summed E-state index contributed by atoms with van der Waals surface area (Å²) >= 11 is 0. The molecule has 0 N–H and O–H groups in total. The molecule has 0 aromatic rings. The molecule has 3 heteroatoms. The second kappa shape index (κ2) is 4.52. The smallest absolute Gasteiger partial charge is 0.464 e. The molecule has 1 heterocycles. The van der Waals surface area contributed by atoms with Crippen LogP contribution in [-0.2, 0) is 14.3 Å². The third-order valence-corrected chi connectivity index (χ3v) is 3.00. The Balaban J connectivity index is 0.00000256. The molecule has 0 radical (unpaired) electrons. The number of ether oxygens (including phenoxy) is 2. The van der Waals surface area contributed by atoms with Crippen molar-refractivity contribution in [3.8, 4) is 0 Å². The number of esters is 1. The van der Waals surface area contributed by atoms with Crippen LogP contribution in [0, 0.1) is 0 Å². The third kappa shape index (κ3) is 2.71. The van der Waals surface area contributed by atoms with Crippen LogP contribution in [-0.4, -0.2) is 23.8 Å². The summed E-state index contributed by atoms with van der Waals surface area (Å²) in [5.41, 5.74) is -1.12. The van der Waals surface area contributed by atoms with Crippen molar-refractivity contribution in [1.29, 1.82) is 0 Å². The number of hydrogen-bond acceptors (Lipinski definition) is 3. The topological polar surface area (TPSA) is 35.5 Å². The molecule has 1 fully saturated rings. The van der Waals surface area contributed by atoms with Crippen LogP contribution < -0.4 is 0 Å². The summed E-state index contributed by atoms with van der Waals surface area (Å²) < 4.78 is 18.2. The normalized spacial score (nSPS) is 32.9. The van der Waals surface area contributed by atoms with Gasteiger partial charge in [-0.25, -0.2) is 4.79 Å². The van der Waals surface area contributed by atoms with Gasteiger partial charge in [-0.2, -0.15) is 0 Å². The molecule has 3 nitrogen and oxygen atoms in total. The highest BCUT2D eigenvalue weighted by atomic mass is 16.6. The van der Waals surface area contributed by atoms with E-state index in [2.05, 4.69) is 0 Å². The first-order valence-corrected chi connectivity index (χ1v) is 5.65. The molecule has 0 aliphatic carbocycles. The molecule has 1 aliphatic rings. The van der Waals surface area contributed by atoms with Crippen LogP contribution in [0.2, 0.25) is 0 Å². The molecule has 1 aliphatic heterocycles. The van der Waals surface area contributed by atoms with Crippen LogP contribution >= 0.6 is 0 Å². The van der Waals surface area contributed by atoms with Crippen LogP contribution in [0.15, 0.2) is 0 Å². The van der Waals surface area contributed by atoms with Crippen molar-refractivity contribution in [2.24, 2.45) is 0 Å².